The first-order valence-corrected chi connectivity index (χ1v) is 9.24. The molecule has 28 heavy (non-hydrogen) atoms. The lowest BCUT2D eigenvalue weighted by Gasteiger charge is -2.16. The first kappa shape index (κ1) is 24.0. The highest BCUT2D eigenvalue weighted by Crippen LogP contribution is 2.21. The Balaban J connectivity index is 0.00000392. The SMILES string of the molecule is CN=C(NCCC(C)c1ccc(OC)cc1)NCc1ccnc(N(C)C)c1.I. The summed E-state index contributed by atoms with van der Waals surface area (Å²) in [5, 5.41) is 6.74. The molecule has 0 fully saturated rings. The molecular formula is C21H32IN5O. The van der Waals surface area contributed by atoms with Crippen LogP contribution in [0.4, 0.5) is 5.82 Å². The van der Waals surface area contributed by atoms with Crippen LogP contribution in [0.25, 0.3) is 0 Å². The number of guanidine groups is 1. The maximum atomic E-state index is 5.22. The van der Waals surface area contributed by atoms with Gasteiger partial charge in [-0.25, -0.2) is 4.98 Å². The van der Waals surface area contributed by atoms with Gasteiger partial charge in [-0.05, 0) is 47.7 Å². The van der Waals surface area contributed by atoms with Gasteiger partial charge in [0.2, 0.25) is 0 Å². The minimum Gasteiger partial charge on any atom is -0.497 e. The quantitative estimate of drug-likeness (QED) is 0.332. The number of nitrogens with zero attached hydrogens (tertiary/aromatic N) is 3. The number of aromatic nitrogens is 1. The minimum atomic E-state index is 0. The molecule has 154 valence electrons. The van der Waals surface area contributed by atoms with Crippen LogP contribution in [0.15, 0.2) is 47.6 Å². The van der Waals surface area contributed by atoms with Gasteiger partial charge in [0, 0.05) is 40.4 Å². The van der Waals surface area contributed by atoms with E-state index in [-0.39, 0.29) is 24.0 Å². The van der Waals surface area contributed by atoms with Gasteiger partial charge in [0.25, 0.3) is 0 Å². The summed E-state index contributed by atoms with van der Waals surface area (Å²) in [5.74, 6) is 3.11. The molecule has 1 unspecified atom stereocenters. The standard InChI is InChI=1S/C21H31N5O.HI/c1-16(18-6-8-19(27-5)9-7-18)10-12-24-21(22-2)25-15-17-11-13-23-20(14-17)26(3)4;/h6-9,11,13-14,16H,10,12,15H2,1-5H3,(H2,22,24,25);1H. The summed E-state index contributed by atoms with van der Waals surface area (Å²) in [5.41, 5.74) is 2.48. The number of methoxy groups -OCH3 is 1. The molecule has 2 aromatic rings. The van der Waals surface area contributed by atoms with E-state index < -0.39 is 0 Å². The van der Waals surface area contributed by atoms with Crippen LogP contribution in [0.1, 0.15) is 30.4 Å². The van der Waals surface area contributed by atoms with E-state index in [2.05, 4.69) is 45.7 Å². The first-order valence-electron chi connectivity index (χ1n) is 9.24. The predicted molar refractivity (Wildman–Crippen MR) is 128 cm³/mol. The summed E-state index contributed by atoms with van der Waals surface area (Å²) < 4.78 is 5.22. The van der Waals surface area contributed by atoms with Crippen molar-refractivity contribution >= 4 is 35.8 Å². The van der Waals surface area contributed by atoms with Crippen LogP contribution in [-0.2, 0) is 6.54 Å². The third-order valence-electron chi connectivity index (χ3n) is 4.51. The molecule has 1 heterocycles. The summed E-state index contributed by atoms with van der Waals surface area (Å²) >= 11 is 0. The Morgan fingerprint density at radius 3 is 2.50 bits per heavy atom. The van der Waals surface area contributed by atoms with Gasteiger partial charge in [-0.15, -0.1) is 24.0 Å². The van der Waals surface area contributed by atoms with Gasteiger partial charge in [-0.3, -0.25) is 4.99 Å². The third kappa shape index (κ3) is 7.53. The van der Waals surface area contributed by atoms with E-state index >= 15 is 0 Å². The predicted octanol–water partition coefficient (Wildman–Crippen LogP) is 3.63. The van der Waals surface area contributed by atoms with Crippen molar-refractivity contribution in [1.29, 1.82) is 0 Å². The van der Waals surface area contributed by atoms with Crippen molar-refractivity contribution in [2.24, 2.45) is 4.99 Å². The van der Waals surface area contributed by atoms with E-state index in [0.29, 0.717) is 12.5 Å². The van der Waals surface area contributed by atoms with Gasteiger partial charge >= 0.3 is 0 Å². The van der Waals surface area contributed by atoms with Crippen LogP contribution in [-0.4, -0.2) is 45.7 Å². The van der Waals surface area contributed by atoms with Crippen LogP contribution in [0.3, 0.4) is 0 Å². The van der Waals surface area contributed by atoms with Crippen LogP contribution < -0.4 is 20.3 Å². The second kappa shape index (κ2) is 12.4. The molecule has 0 spiro atoms. The van der Waals surface area contributed by atoms with Crippen molar-refractivity contribution in [3.63, 3.8) is 0 Å². The van der Waals surface area contributed by atoms with Gasteiger partial charge in [0.15, 0.2) is 5.96 Å². The lowest BCUT2D eigenvalue weighted by Crippen LogP contribution is -2.37. The largest absolute Gasteiger partial charge is 0.497 e. The van der Waals surface area contributed by atoms with Crippen molar-refractivity contribution in [1.82, 2.24) is 15.6 Å². The van der Waals surface area contributed by atoms with Gasteiger partial charge in [-0.1, -0.05) is 19.1 Å². The van der Waals surface area contributed by atoms with Crippen molar-refractivity contribution < 1.29 is 4.74 Å². The minimum absolute atomic E-state index is 0. The molecule has 1 aromatic heterocycles. The zero-order chi connectivity index (χ0) is 19.6. The van der Waals surface area contributed by atoms with E-state index in [9.17, 15) is 0 Å². The van der Waals surface area contributed by atoms with E-state index in [1.807, 2.05) is 43.4 Å². The molecule has 0 aliphatic rings. The number of ether oxygens (including phenoxy) is 1. The number of hydrogen-bond acceptors (Lipinski definition) is 4. The molecule has 1 atom stereocenters. The number of hydrogen-bond donors (Lipinski definition) is 2. The molecule has 6 nitrogen and oxygen atoms in total. The molecular weight excluding hydrogens is 465 g/mol. The Morgan fingerprint density at radius 2 is 1.89 bits per heavy atom. The van der Waals surface area contributed by atoms with Crippen LogP contribution in [0.5, 0.6) is 5.75 Å². The zero-order valence-electron chi connectivity index (χ0n) is 17.4. The smallest absolute Gasteiger partial charge is 0.191 e. The van der Waals surface area contributed by atoms with Crippen LogP contribution in [0.2, 0.25) is 0 Å². The Morgan fingerprint density at radius 1 is 1.18 bits per heavy atom. The van der Waals surface area contributed by atoms with Gasteiger partial charge in [0.1, 0.15) is 11.6 Å². The second-order valence-electron chi connectivity index (χ2n) is 6.73. The summed E-state index contributed by atoms with van der Waals surface area (Å²) in [6.45, 7) is 3.79. The highest BCUT2D eigenvalue weighted by Gasteiger charge is 2.07. The van der Waals surface area contributed by atoms with Crippen LogP contribution >= 0.6 is 24.0 Å². The number of aliphatic imine (C=N–C) groups is 1. The van der Waals surface area contributed by atoms with E-state index in [4.69, 9.17) is 4.74 Å². The van der Waals surface area contributed by atoms with Crippen LogP contribution in [0, 0.1) is 0 Å². The fourth-order valence-corrected chi connectivity index (χ4v) is 2.73. The molecule has 0 saturated carbocycles. The topological polar surface area (TPSA) is 61.8 Å². The number of rotatable bonds is 8. The lowest BCUT2D eigenvalue weighted by molar-refractivity contribution is 0.414. The van der Waals surface area contributed by atoms with Crippen molar-refractivity contribution in [3.8, 4) is 5.75 Å². The third-order valence-corrected chi connectivity index (χ3v) is 4.51. The Bertz CT molecular complexity index is 734. The fraction of sp³-hybridized carbons (Fsp3) is 0.429. The highest BCUT2D eigenvalue weighted by atomic mass is 127. The Labute approximate surface area is 185 Å². The molecule has 1 aromatic carbocycles. The average molecular weight is 497 g/mol. The molecule has 0 amide bonds. The molecule has 0 aliphatic heterocycles. The van der Waals surface area contributed by atoms with Crippen molar-refractivity contribution in [3.05, 3.63) is 53.7 Å². The number of anilines is 1. The summed E-state index contributed by atoms with van der Waals surface area (Å²) in [6.07, 6.45) is 2.85. The van der Waals surface area contributed by atoms with Gasteiger partial charge in [-0.2, -0.15) is 0 Å². The van der Waals surface area contributed by atoms with Gasteiger partial charge in [0.05, 0.1) is 7.11 Å². The molecule has 0 radical (unpaired) electrons. The van der Waals surface area contributed by atoms with E-state index in [1.54, 1.807) is 14.2 Å². The second-order valence-corrected chi connectivity index (χ2v) is 6.73. The number of halogens is 1. The molecule has 2 rings (SSSR count). The molecule has 0 bridgehead atoms. The van der Waals surface area contributed by atoms with Crippen molar-refractivity contribution in [2.45, 2.75) is 25.8 Å². The van der Waals surface area contributed by atoms with Crippen molar-refractivity contribution in [2.75, 3.05) is 39.7 Å². The highest BCUT2D eigenvalue weighted by molar-refractivity contribution is 14.0. The molecule has 0 saturated heterocycles. The van der Waals surface area contributed by atoms with E-state index in [1.165, 1.54) is 11.1 Å². The van der Waals surface area contributed by atoms with Gasteiger partial charge < -0.3 is 20.3 Å². The Hall–Kier alpha value is -2.03. The molecule has 2 N–H and O–H groups in total. The molecule has 0 aliphatic carbocycles. The normalized spacial score (nSPS) is 12.0. The summed E-state index contributed by atoms with van der Waals surface area (Å²) in [6, 6.07) is 12.4. The Kier molecular flexibility index (Phi) is 10.7. The fourth-order valence-electron chi connectivity index (χ4n) is 2.73. The maximum absolute atomic E-state index is 5.22. The monoisotopic (exact) mass is 497 g/mol. The van der Waals surface area contributed by atoms with E-state index in [0.717, 1.165) is 30.5 Å². The lowest BCUT2D eigenvalue weighted by atomic mass is 9.98. The summed E-state index contributed by atoms with van der Waals surface area (Å²) in [4.78, 5) is 10.6. The maximum Gasteiger partial charge on any atom is 0.191 e. The first-order chi connectivity index (χ1) is 13.0. The number of benzene rings is 1. The summed E-state index contributed by atoms with van der Waals surface area (Å²) in [7, 11) is 7.46. The number of pyridine rings is 1. The number of nitrogens with one attached hydrogen (secondary N) is 2. The average Bonchev–Trinajstić information content (AvgIpc) is 2.70. The molecule has 7 heteroatoms. The zero-order valence-corrected chi connectivity index (χ0v) is 19.7.